The number of methoxy groups -OCH3 is 1. The van der Waals surface area contributed by atoms with Gasteiger partial charge in [0.25, 0.3) is 0 Å². The second-order valence-electron chi connectivity index (χ2n) is 3.16. The molecule has 0 aliphatic rings. The summed E-state index contributed by atoms with van der Waals surface area (Å²) in [4.78, 5) is 38.1. The summed E-state index contributed by atoms with van der Waals surface area (Å²) in [6, 6.07) is 4.47. The van der Waals surface area contributed by atoms with Gasteiger partial charge in [0, 0.05) is 0 Å². The van der Waals surface area contributed by atoms with Crippen molar-refractivity contribution < 1.29 is 9.53 Å². The van der Waals surface area contributed by atoms with E-state index >= 15 is 0 Å². The summed E-state index contributed by atoms with van der Waals surface area (Å²) in [5, 5.41) is 0. The van der Waals surface area contributed by atoms with E-state index in [0.717, 1.165) is 0 Å². The lowest BCUT2D eigenvalue weighted by atomic mass is 10.2. The molecule has 0 amide bonds. The molecule has 82 valence electrons. The van der Waals surface area contributed by atoms with Crippen molar-refractivity contribution in [3.05, 3.63) is 44.5 Å². The Balaban J connectivity index is 2.71. The van der Waals surface area contributed by atoms with Gasteiger partial charge in [0.2, 0.25) is 0 Å². The van der Waals surface area contributed by atoms with Gasteiger partial charge < -0.3 is 14.7 Å². The third kappa shape index (κ3) is 1.60. The highest BCUT2D eigenvalue weighted by Crippen LogP contribution is 2.09. The van der Waals surface area contributed by atoms with Gasteiger partial charge in [0.15, 0.2) is 0 Å². The first-order valence-corrected chi connectivity index (χ1v) is 4.46. The summed E-state index contributed by atoms with van der Waals surface area (Å²) >= 11 is 0. The number of carbonyl (C=O) groups excluding carboxylic acids is 1. The third-order valence-electron chi connectivity index (χ3n) is 2.14. The van der Waals surface area contributed by atoms with E-state index in [1.54, 1.807) is 0 Å². The Labute approximate surface area is 88.9 Å². The standard InChI is InChI=1S/C10H8N2O4/c1-16-10(15)5-2-3-6-7(4-5)12-9(14)8(13)11-6/h2-4H,1H3,(H,11,13)(H,12,14). The second kappa shape index (κ2) is 3.65. The van der Waals surface area contributed by atoms with E-state index < -0.39 is 17.1 Å². The van der Waals surface area contributed by atoms with Crippen molar-refractivity contribution in [1.82, 2.24) is 9.97 Å². The van der Waals surface area contributed by atoms with E-state index in [2.05, 4.69) is 14.7 Å². The third-order valence-corrected chi connectivity index (χ3v) is 2.14. The van der Waals surface area contributed by atoms with Crippen LogP contribution in [0, 0.1) is 0 Å². The van der Waals surface area contributed by atoms with Crippen LogP contribution in [0.15, 0.2) is 27.8 Å². The average Bonchev–Trinajstić information content (AvgIpc) is 2.29. The Morgan fingerprint density at radius 2 is 1.75 bits per heavy atom. The number of ether oxygens (including phenoxy) is 1. The molecule has 2 rings (SSSR count). The maximum absolute atomic E-state index is 11.2. The zero-order valence-electron chi connectivity index (χ0n) is 8.37. The van der Waals surface area contributed by atoms with E-state index in [1.165, 1.54) is 25.3 Å². The van der Waals surface area contributed by atoms with Gasteiger partial charge in [0.05, 0.1) is 23.7 Å². The van der Waals surface area contributed by atoms with Crippen molar-refractivity contribution in [3.8, 4) is 0 Å². The lowest BCUT2D eigenvalue weighted by Gasteiger charge is -2.01. The highest BCUT2D eigenvalue weighted by molar-refractivity contribution is 5.93. The molecule has 6 heteroatoms. The maximum atomic E-state index is 11.2. The first-order chi connectivity index (χ1) is 7.61. The topological polar surface area (TPSA) is 92.0 Å². The predicted octanol–water partition coefficient (Wildman–Crippen LogP) is 0.00300. The van der Waals surface area contributed by atoms with Gasteiger partial charge in [-0.15, -0.1) is 0 Å². The number of esters is 1. The van der Waals surface area contributed by atoms with E-state index in [-0.39, 0.29) is 0 Å². The zero-order valence-corrected chi connectivity index (χ0v) is 8.37. The van der Waals surface area contributed by atoms with Gasteiger partial charge in [0.1, 0.15) is 0 Å². The highest BCUT2D eigenvalue weighted by atomic mass is 16.5. The van der Waals surface area contributed by atoms with Gasteiger partial charge in [-0.25, -0.2) is 4.79 Å². The minimum Gasteiger partial charge on any atom is -0.465 e. The Hall–Kier alpha value is -2.37. The van der Waals surface area contributed by atoms with Gasteiger partial charge in [-0.3, -0.25) is 9.59 Å². The molecule has 0 spiro atoms. The van der Waals surface area contributed by atoms with Crippen molar-refractivity contribution >= 4 is 17.0 Å². The molecule has 0 fully saturated rings. The number of H-pyrrole nitrogens is 2. The number of nitrogens with one attached hydrogen (secondary N) is 2. The van der Waals surface area contributed by atoms with Gasteiger partial charge in [-0.05, 0) is 18.2 Å². The van der Waals surface area contributed by atoms with Crippen LogP contribution in [0.2, 0.25) is 0 Å². The molecule has 2 N–H and O–H groups in total. The molecule has 6 nitrogen and oxygen atoms in total. The Kier molecular flexibility index (Phi) is 2.32. The molecular weight excluding hydrogens is 212 g/mol. The Morgan fingerprint density at radius 3 is 2.38 bits per heavy atom. The zero-order chi connectivity index (χ0) is 11.7. The fourth-order valence-electron chi connectivity index (χ4n) is 1.36. The van der Waals surface area contributed by atoms with E-state index in [4.69, 9.17) is 0 Å². The van der Waals surface area contributed by atoms with Crippen molar-refractivity contribution in [1.29, 1.82) is 0 Å². The summed E-state index contributed by atoms with van der Waals surface area (Å²) in [7, 11) is 1.27. The van der Waals surface area contributed by atoms with E-state index in [1.807, 2.05) is 0 Å². The van der Waals surface area contributed by atoms with Crippen molar-refractivity contribution in [2.75, 3.05) is 7.11 Å². The molecule has 1 aromatic carbocycles. The summed E-state index contributed by atoms with van der Waals surface area (Å²) in [5.74, 6) is -0.506. The lowest BCUT2D eigenvalue weighted by Crippen LogP contribution is -2.28. The molecule has 16 heavy (non-hydrogen) atoms. The molecular formula is C10H8N2O4. The van der Waals surface area contributed by atoms with Crippen LogP contribution in [0.5, 0.6) is 0 Å². The largest absolute Gasteiger partial charge is 0.465 e. The molecule has 0 saturated heterocycles. The summed E-state index contributed by atoms with van der Waals surface area (Å²) in [5.41, 5.74) is -0.338. The molecule has 2 aromatic rings. The Morgan fingerprint density at radius 1 is 1.12 bits per heavy atom. The van der Waals surface area contributed by atoms with Crippen LogP contribution in [0.25, 0.3) is 11.0 Å². The molecule has 0 radical (unpaired) electrons. The number of hydrogen-bond acceptors (Lipinski definition) is 4. The number of carbonyl (C=O) groups is 1. The fraction of sp³-hybridized carbons (Fsp3) is 0.100. The molecule has 1 aromatic heterocycles. The van der Waals surface area contributed by atoms with Gasteiger partial charge in [-0.1, -0.05) is 0 Å². The smallest absolute Gasteiger partial charge is 0.337 e. The van der Waals surface area contributed by atoms with Crippen LogP contribution in [-0.2, 0) is 4.74 Å². The normalized spacial score (nSPS) is 10.3. The van der Waals surface area contributed by atoms with Crippen LogP contribution in [0.1, 0.15) is 10.4 Å². The molecule has 0 bridgehead atoms. The highest BCUT2D eigenvalue weighted by Gasteiger charge is 2.07. The molecule has 0 unspecified atom stereocenters. The molecule has 0 atom stereocenters. The Bertz CT molecular complexity index is 668. The van der Waals surface area contributed by atoms with Crippen LogP contribution in [-0.4, -0.2) is 23.0 Å². The first-order valence-electron chi connectivity index (χ1n) is 4.46. The van der Waals surface area contributed by atoms with Crippen molar-refractivity contribution in [2.24, 2.45) is 0 Å². The fourth-order valence-corrected chi connectivity index (χ4v) is 1.36. The number of rotatable bonds is 1. The van der Waals surface area contributed by atoms with Crippen molar-refractivity contribution in [2.45, 2.75) is 0 Å². The number of aromatic amines is 2. The van der Waals surface area contributed by atoms with E-state index in [9.17, 15) is 14.4 Å². The minimum absolute atomic E-state index is 0.303. The van der Waals surface area contributed by atoms with Crippen LogP contribution in [0.3, 0.4) is 0 Å². The summed E-state index contributed by atoms with van der Waals surface area (Å²) < 4.78 is 4.54. The quantitative estimate of drug-likeness (QED) is 0.522. The van der Waals surface area contributed by atoms with E-state index in [0.29, 0.717) is 16.6 Å². The van der Waals surface area contributed by atoms with Crippen LogP contribution < -0.4 is 11.1 Å². The number of benzene rings is 1. The SMILES string of the molecule is COC(=O)c1ccc2[nH]c(=O)c(=O)[nH]c2c1. The first kappa shape index (κ1) is 10.2. The lowest BCUT2D eigenvalue weighted by molar-refractivity contribution is 0.0601. The van der Waals surface area contributed by atoms with Crippen LogP contribution in [0.4, 0.5) is 0 Å². The minimum atomic E-state index is -0.755. The summed E-state index contributed by atoms with van der Waals surface area (Å²) in [6.45, 7) is 0. The van der Waals surface area contributed by atoms with Gasteiger partial charge in [-0.2, -0.15) is 0 Å². The summed E-state index contributed by atoms with van der Waals surface area (Å²) in [6.07, 6.45) is 0. The number of hydrogen-bond donors (Lipinski definition) is 2. The molecule has 0 aliphatic carbocycles. The predicted molar refractivity (Wildman–Crippen MR) is 56.5 cm³/mol. The maximum Gasteiger partial charge on any atom is 0.337 e. The number of fused-ring (bicyclic) bond motifs is 1. The monoisotopic (exact) mass is 220 g/mol. The molecule has 0 aliphatic heterocycles. The number of aromatic nitrogens is 2. The van der Waals surface area contributed by atoms with Crippen LogP contribution >= 0.6 is 0 Å². The molecule has 0 saturated carbocycles. The van der Waals surface area contributed by atoms with Crippen molar-refractivity contribution in [3.63, 3.8) is 0 Å². The second-order valence-corrected chi connectivity index (χ2v) is 3.16. The molecule has 1 heterocycles. The van der Waals surface area contributed by atoms with Gasteiger partial charge >= 0.3 is 17.1 Å². The average molecular weight is 220 g/mol.